The Bertz CT molecular complexity index is 122. The van der Waals surface area contributed by atoms with Crippen molar-refractivity contribution >= 4 is 17.7 Å². The van der Waals surface area contributed by atoms with Crippen molar-refractivity contribution in [3.05, 3.63) is 12.2 Å². The van der Waals surface area contributed by atoms with Crippen molar-refractivity contribution in [1.82, 2.24) is 0 Å². The van der Waals surface area contributed by atoms with E-state index in [1.54, 1.807) is 11.8 Å². The molecular formula is C6H11NOS. The Hall–Kier alpha value is -0.440. The fourth-order valence-corrected chi connectivity index (χ4v) is 0.889. The summed E-state index contributed by atoms with van der Waals surface area (Å²) >= 11 is 1.64. The fourth-order valence-electron chi connectivity index (χ4n) is 0.296. The van der Waals surface area contributed by atoms with Crippen LogP contribution in [0.3, 0.4) is 0 Å². The summed E-state index contributed by atoms with van der Waals surface area (Å²) < 4.78 is 0. The molecule has 0 saturated heterocycles. The minimum atomic E-state index is -0.393. The molecule has 0 aliphatic heterocycles. The number of hydrogen-bond donors (Lipinski definition) is 1. The number of carbonyl (C=O) groups excluding carboxylic acids is 1. The highest BCUT2D eigenvalue weighted by atomic mass is 32.2. The van der Waals surface area contributed by atoms with Crippen LogP contribution < -0.4 is 5.73 Å². The summed E-state index contributed by atoms with van der Waals surface area (Å²) in [6, 6.07) is 0. The van der Waals surface area contributed by atoms with Gasteiger partial charge in [-0.25, -0.2) is 0 Å². The van der Waals surface area contributed by atoms with Gasteiger partial charge in [0.25, 0.3) is 0 Å². The third-order valence-corrected chi connectivity index (χ3v) is 1.79. The SMILES string of the molecule is C=C(CSCC)C(N)=O. The Labute approximate surface area is 59.5 Å². The molecule has 52 valence electrons. The second-order valence-corrected chi connectivity index (χ2v) is 2.88. The van der Waals surface area contributed by atoms with Gasteiger partial charge < -0.3 is 5.73 Å². The van der Waals surface area contributed by atoms with Gasteiger partial charge in [-0.2, -0.15) is 11.8 Å². The summed E-state index contributed by atoms with van der Waals surface area (Å²) in [6.07, 6.45) is 0. The smallest absolute Gasteiger partial charge is 0.244 e. The molecule has 2 N–H and O–H groups in total. The van der Waals surface area contributed by atoms with Gasteiger partial charge in [0.2, 0.25) is 5.91 Å². The molecule has 9 heavy (non-hydrogen) atoms. The average Bonchev–Trinajstić information content (AvgIpc) is 1.82. The van der Waals surface area contributed by atoms with Crippen molar-refractivity contribution in [3.8, 4) is 0 Å². The van der Waals surface area contributed by atoms with E-state index in [1.165, 1.54) is 0 Å². The zero-order valence-corrected chi connectivity index (χ0v) is 6.33. The van der Waals surface area contributed by atoms with E-state index in [9.17, 15) is 4.79 Å². The van der Waals surface area contributed by atoms with Gasteiger partial charge in [-0.15, -0.1) is 0 Å². The van der Waals surface area contributed by atoms with Gasteiger partial charge in [0.1, 0.15) is 0 Å². The molecule has 0 spiro atoms. The fraction of sp³-hybridized carbons (Fsp3) is 0.500. The van der Waals surface area contributed by atoms with Crippen LogP contribution in [0.1, 0.15) is 6.92 Å². The number of carbonyl (C=O) groups is 1. The Morgan fingerprint density at radius 1 is 1.78 bits per heavy atom. The van der Waals surface area contributed by atoms with Crippen molar-refractivity contribution in [1.29, 1.82) is 0 Å². The lowest BCUT2D eigenvalue weighted by molar-refractivity contribution is -0.114. The number of primary amides is 1. The van der Waals surface area contributed by atoms with Gasteiger partial charge in [-0.05, 0) is 5.75 Å². The highest BCUT2D eigenvalue weighted by Crippen LogP contribution is 2.03. The van der Waals surface area contributed by atoms with Crippen LogP contribution in [0.15, 0.2) is 12.2 Å². The highest BCUT2D eigenvalue weighted by molar-refractivity contribution is 7.99. The van der Waals surface area contributed by atoms with E-state index in [1.807, 2.05) is 6.92 Å². The minimum Gasteiger partial charge on any atom is -0.366 e. The molecular weight excluding hydrogens is 134 g/mol. The molecule has 0 aliphatic rings. The molecule has 0 aromatic rings. The molecule has 0 radical (unpaired) electrons. The summed E-state index contributed by atoms with van der Waals surface area (Å²) in [5.74, 6) is 1.26. The van der Waals surface area contributed by atoms with E-state index in [2.05, 4.69) is 6.58 Å². The summed E-state index contributed by atoms with van der Waals surface area (Å²) in [5.41, 5.74) is 5.43. The van der Waals surface area contributed by atoms with Crippen molar-refractivity contribution in [2.24, 2.45) is 5.73 Å². The number of rotatable bonds is 4. The lowest BCUT2D eigenvalue weighted by Crippen LogP contribution is -2.14. The van der Waals surface area contributed by atoms with Crippen LogP contribution in [0.5, 0.6) is 0 Å². The first-order valence-corrected chi connectivity index (χ1v) is 3.89. The van der Waals surface area contributed by atoms with Gasteiger partial charge in [-0.1, -0.05) is 13.5 Å². The molecule has 0 bridgehead atoms. The largest absolute Gasteiger partial charge is 0.366 e. The monoisotopic (exact) mass is 145 g/mol. The van der Waals surface area contributed by atoms with Crippen molar-refractivity contribution in [2.45, 2.75) is 6.92 Å². The number of amides is 1. The molecule has 0 aromatic heterocycles. The van der Waals surface area contributed by atoms with Crippen molar-refractivity contribution in [3.63, 3.8) is 0 Å². The summed E-state index contributed by atoms with van der Waals surface area (Å²) in [5, 5.41) is 0. The quantitative estimate of drug-likeness (QED) is 0.594. The number of hydrogen-bond acceptors (Lipinski definition) is 2. The first kappa shape index (κ1) is 8.56. The molecule has 2 nitrogen and oxygen atoms in total. The standard InChI is InChI=1S/C6H11NOS/c1-3-9-4-5(2)6(7)8/h2-4H2,1H3,(H2,7,8). The number of thioether (sulfide) groups is 1. The molecule has 0 fully saturated rings. The zero-order chi connectivity index (χ0) is 7.28. The van der Waals surface area contributed by atoms with Gasteiger partial charge in [0.15, 0.2) is 0 Å². The van der Waals surface area contributed by atoms with Crippen LogP contribution in [0.25, 0.3) is 0 Å². The summed E-state index contributed by atoms with van der Waals surface area (Å²) in [4.78, 5) is 10.3. The van der Waals surface area contributed by atoms with E-state index >= 15 is 0 Å². The van der Waals surface area contributed by atoms with Gasteiger partial charge >= 0.3 is 0 Å². The molecule has 0 heterocycles. The normalized spacial score (nSPS) is 9.00. The molecule has 1 amide bonds. The topological polar surface area (TPSA) is 43.1 Å². The van der Waals surface area contributed by atoms with Crippen LogP contribution in [0.4, 0.5) is 0 Å². The minimum absolute atomic E-state index is 0.393. The van der Waals surface area contributed by atoms with Crippen LogP contribution in [0, 0.1) is 0 Å². The zero-order valence-electron chi connectivity index (χ0n) is 5.52. The van der Waals surface area contributed by atoms with Gasteiger partial charge in [0, 0.05) is 11.3 Å². The third kappa shape index (κ3) is 4.09. The Balaban J connectivity index is 3.39. The van der Waals surface area contributed by atoms with Gasteiger partial charge in [0.05, 0.1) is 0 Å². The molecule has 0 atom stereocenters. The maximum atomic E-state index is 10.3. The van der Waals surface area contributed by atoms with E-state index in [0.29, 0.717) is 11.3 Å². The molecule has 0 rings (SSSR count). The Morgan fingerprint density at radius 2 is 2.33 bits per heavy atom. The van der Waals surface area contributed by atoms with E-state index in [0.717, 1.165) is 5.75 Å². The molecule has 3 heteroatoms. The van der Waals surface area contributed by atoms with Gasteiger partial charge in [-0.3, -0.25) is 4.79 Å². The molecule has 0 saturated carbocycles. The molecule has 0 aliphatic carbocycles. The highest BCUT2D eigenvalue weighted by Gasteiger charge is 1.98. The van der Waals surface area contributed by atoms with Crippen LogP contribution >= 0.6 is 11.8 Å². The van der Waals surface area contributed by atoms with Crippen LogP contribution in [-0.2, 0) is 4.79 Å². The summed E-state index contributed by atoms with van der Waals surface area (Å²) in [6.45, 7) is 5.52. The summed E-state index contributed by atoms with van der Waals surface area (Å²) in [7, 11) is 0. The maximum Gasteiger partial charge on any atom is 0.244 e. The van der Waals surface area contributed by atoms with Crippen LogP contribution in [0.2, 0.25) is 0 Å². The first-order chi connectivity index (χ1) is 4.18. The predicted molar refractivity (Wildman–Crippen MR) is 41.3 cm³/mol. The molecule has 0 unspecified atom stereocenters. The molecule has 0 aromatic carbocycles. The third-order valence-electron chi connectivity index (χ3n) is 0.829. The van der Waals surface area contributed by atoms with E-state index in [4.69, 9.17) is 5.73 Å². The second kappa shape index (κ2) is 4.44. The van der Waals surface area contributed by atoms with E-state index < -0.39 is 5.91 Å². The predicted octanol–water partition coefficient (Wildman–Crippen LogP) is 0.781. The maximum absolute atomic E-state index is 10.3. The first-order valence-electron chi connectivity index (χ1n) is 2.73. The number of nitrogens with two attached hydrogens (primary N) is 1. The van der Waals surface area contributed by atoms with Crippen molar-refractivity contribution in [2.75, 3.05) is 11.5 Å². The lowest BCUT2D eigenvalue weighted by Gasteiger charge is -1.96. The lowest BCUT2D eigenvalue weighted by atomic mass is 10.3. The Kier molecular flexibility index (Phi) is 4.22. The van der Waals surface area contributed by atoms with E-state index in [-0.39, 0.29) is 0 Å². The average molecular weight is 145 g/mol. The second-order valence-electron chi connectivity index (χ2n) is 1.60. The van der Waals surface area contributed by atoms with Crippen LogP contribution in [-0.4, -0.2) is 17.4 Å². The van der Waals surface area contributed by atoms with Crippen molar-refractivity contribution < 1.29 is 4.79 Å². The Morgan fingerprint density at radius 3 is 2.67 bits per heavy atom.